The van der Waals surface area contributed by atoms with Gasteiger partial charge in [-0.2, -0.15) is 0 Å². The van der Waals surface area contributed by atoms with Crippen molar-refractivity contribution in [2.75, 3.05) is 0 Å². The third-order valence-electron chi connectivity index (χ3n) is 3.10. The van der Waals surface area contributed by atoms with Crippen molar-refractivity contribution in [3.05, 3.63) is 59.2 Å². The Morgan fingerprint density at radius 1 is 1.17 bits per heavy atom. The first-order valence-corrected chi connectivity index (χ1v) is 6.31. The lowest BCUT2D eigenvalue weighted by Gasteiger charge is -2.26. The third kappa shape index (κ3) is 3.99. The van der Waals surface area contributed by atoms with Crippen LogP contribution in [0.3, 0.4) is 0 Å². The highest BCUT2D eigenvalue weighted by Crippen LogP contribution is 2.31. The molecule has 0 radical (unpaired) electrons. The van der Waals surface area contributed by atoms with Gasteiger partial charge in [-0.15, -0.1) is 0 Å². The van der Waals surface area contributed by atoms with Crippen LogP contribution in [0.2, 0.25) is 0 Å². The molecule has 0 amide bonds. The van der Waals surface area contributed by atoms with Gasteiger partial charge < -0.3 is 0 Å². The SMILES string of the molecule is CC(C)=CCC(C)(/C=C(\C)C=O)c1ccccc1. The Hall–Kier alpha value is -1.63. The minimum atomic E-state index is -0.122. The van der Waals surface area contributed by atoms with Crippen LogP contribution in [-0.4, -0.2) is 6.29 Å². The van der Waals surface area contributed by atoms with E-state index >= 15 is 0 Å². The monoisotopic (exact) mass is 242 g/mol. The summed E-state index contributed by atoms with van der Waals surface area (Å²) in [6.45, 7) is 8.23. The minimum Gasteiger partial charge on any atom is -0.298 e. The highest BCUT2D eigenvalue weighted by Gasteiger charge is 2.22. The number of carbonyl (C=O) groups is 1. The second-order valence-electron chi connectivity index (χ2n) is 5.28. The van der Waals surface area contributed by atoms with Crippen molar-refractivity contribution in [1.29, 1.82) is 0 Å². The molecule has 1 rings (SSSR count). The van der Waals surface area contributed by atoms with Crippen LogP contribution in [-0.2, 0) is 10.2 Å². The second kappa shape index (κ2) is 6.34. The molecule has 0 fully saturated rings. The molecule has 0 aliphatic carbocycles. The molecule has 0 saturated heterocycles. The lowest BCUT2D eigenvalue weighted by Crippen LogP contribution is -2.19. The van der Waals surface area contributed by atoms with E-state index < -0.39 is 0 Å². The maximum atomic E-state index is 10.9. The van der Waals surface area contributed by atoms with E-state index in [1.165, 1.54) is 11.1 Å². The summed E-state index contributed by atoms with van der Waals surface area (Å²) >= 11 is 0. The zero-order valence-corrected chi connectivity index (χ0v) is 11.7. The number of carbonyl (C=O) groups excluding carboxylic acids is 1. The molecule has 18 heavy (non-hydrogen) atoms. The summed E-state index contributed by atoms with van der Waals surface area (Å²) in [4.78, 5) is 10.9. The fraction of sp³-hybridized carbons (Fsp3) is 0.353. The Kier molecular flexibility index (Phi) is 5.08. The van der Waals surface area contributed by atoms with Gasteiger partial charge in [0.1, 0.15) is 6.29 Å². The molecule has 1 aromatic rings. The van der Waals surface area contributed by atoms with Gasteiger partial charge in [-0.25, -0.2) is 0 Å². The Balaban J connectivity index is 3.17. The number of rotatable bonds is 5. The van der Waals surface area contributed by atoms with Gasteiger partial charge in [0.25, 0.3) is 0 Å². The molecule has 0 heterocycles. The van der Waals surface area contributed by atoms with E-state index in [2.05, 4.69) is 45.1 Å². The molecular weight excluding hydrogens is 220 g/mol. The number of hydrogen-bond donors (Lipinski definition) is 0. The smallest absolute Gasteiger partial charge is 0.145 e. The quantitative estimate of drug-likeness (QED) is 0.423. The highest BCUT2D eigenvalue weighted by molar-refractivity contribution is 5.72. The summed E-state index contributed by atoms with van der Waals surface area (Å²) in [5.74, 6) is 0. The van der Waals surface area contributed by atoms with E-state index in [4.69, 9.17) is 0 Å². The van der Waals surface area contributed by atoms with E-state index in [1.54, 1.807) is 0 Å². The van der Waals surface area contributed by atoms with Gasteiger partial charge >= 0.3 is 0 Å². The van der Waals surface area contributed by atoms with Crippen LogP contribution < -0.4 is 0 Å². The van der Waals surface area contributed by atoms with Gasteiger partial charge in [0.05, 0.1) is 0 Å². The van der Waals surface area contributed by atoms with Crippen molar-refractivity contribution in [1.82, 2.24) is 0 Å². The maximum absolute atomic E-state index is 10.9. The average Bonchev–Trinajstić information content (AvgIpc) is 2.37. The lowest BCUT2D eigenvalue weighted by atomic mass is 9.78. The van der Waals surface area contributed by atoms with Crippen molar-refractivity contribution in [3.8, 4) is 0 Å². The molecule has 0 spiro atoms. The molecule has 0 aliphatic heterocycles. The first-order valence-electron chi connectivity index (χ1n) is 6.31. The summed E-state index contributed by atoms with van der Waals surface area (Å²) in [5, 5.41) is 0. The van der Waals surface area contributed by atoms with Crippen LogP contribution in [0.5, 0.6) is 0 Å². The molecule has 1 nitrogen and oxygen atoms in total. The largest absolute Gasteiger partial charge is 0.298 e. The topological polar surface area (TPSA) is 17.1 Å². The van der Waals surface area contributed by atoms with E-state index in [1.807, 2.05) is 25.1 Å². The summed E-state index contributed by atoms with van der Waals surface area (Å²) in [6, 6.07) is 10.3. The summed E-state index contributed by atoms with van der Waals surface area (Å²) in [6.07, 6.45) is 6.12. The van der Waals surface area contributed by atoms with Crippen LogP contribution in [0, 0.1) is 0 Å². The molecule has 0 N–H and O–H groups in total. The number of benzene rings is 1. The van der Waals surface area contributed by atoms with Gasteiger partial charge in [-0.3, -0.25) is 4.79 Å². The highest BCUT2D eigenvalue weighted by atomic mass is 16.1. The molecule has 1 unspecified atom stereocenters. The van der Waals surface area contributed by atoms with Crippen LogP contribution >= 0.6 is 0 Å². The fourth-order valence-corrected chi connectivity index (χ4v) is 2.03. The molecule has 0 saturated carbocycles. The summed E-state index contributed by atoms with van der Waals surface area (Å²) in [7, 11) is 0. The molecule has 0 aromatic heterocycles. The zero-order chi connectivity index (χ0) is 13.6. The lowest BCUT2D eigenvalue weighted by molar-refractivity contribution is -0.104. The van der Waals surface area contributed by atoms with Gasteiger partial charge in [0, 0.05) is 5.41 Å². The summed E-state index contributed by atoms with van der Waals surface area (Å²) in [5.41, 5.74) is 3.20. The molecule has 0 aliphatic rings. The third-order valence-corrected chi connectivity index (χ3v) is 3.10. The predicted octanol–water partition coefficient (Wildman–Crippen LogP) is 4.45. The van der Waals surface area contributed by atoms with Crippen molar-refractivity contribution >= 4 is 6.29 Å². The first-order chi connectivity index (χ1) is 8.48. The maximum Gasteiger partial charge on any atom is 0.145 e. The normalized spacial score (nSPS) is 14.8. The molecule has 1 heteroatoms. The van der Waals surface area contributed by atoms with Crippen LogP contribution in [0.15, 0.2) is 53.6 Å². The molecule has 96 valence electrons. The number of allylic oxidation sites excluding steroid dienone is 4. The molecular formula is C17H22O. The molecule has 0 bridgehead atoms. The summed E-state index contributed by atoms with van der Waals surface area (Å²) < 4.78 is 0. The van der Waals surface area contributed by atoms with Crippen molar-refractivity contribution < 1.29 is 4.79 Å². The van der Waals surface area contributed by atoms with Gasteiger partial charge in [0.2, 0.25) is 0 Å². The van der Waals surface area contributed by atoms with Gasteiger partial charge in [-0.05, 0) is 38.3 Å². The predicted molar refractivity (Wildman–Crippen MR) is 77.7 cm³/mol. The van der Waals surface area contributed by atoms with Gasteiger partial charge in [-0.1, -0.05) is 55.0 Å². The van der Waals surface area contributed by atoms with E-state index in [-0.39, 0.29) is 5.41 Å². The average molecular weight is 242 g/mol. The molecule has 1 aromatic carbocycles. The van der Waals surface area contributed by atoms with E-state index in [9.17, 15) is 4.79 Å². The van der Waals surface area contributed by atoms with Crippen molar-refractivity contribution in [2.45, 2.75) is 39.5 Å². The first kappa shape index (κ1) is 14.4. The van der Waals surface area contributed by atoms with E-state index in [0.29, 0.717) is 0 Å². The van der Waals surface area contributed by atoms with Crippen molar-refractivity contribution in [2.24, 2.45) is 0 Å². The molecule has 1 atom stereocenters. The Labute approximate surface area is 110 Å². The van der Waals surface area contributed by atoms with Crippen LogP contribution in [0.4, 0.5) is 0 Å². The standard InChI is InChI=1S/C17H22O/c1-14(2)10-11-17(4,12-15(3)13-18)16-8-6-5-7-9-16/h5-10,12-13H,11H2,1-4H3/b15-12+. The van der Waals surface area contributed by atoms with Crippen LogP contribution in [0.1, 0.15) is 39.7 Å². The Morgan fingerprint density at radius 2 is 1.78 bits per heavy atom. The van der Waals surface area contributed by atoms with Gasteiger partial charge in [0.15, 0.2) is 0 Å². The second-order valence-corrected chi connectivity index (χ2v) is 5.28. The zero-order valence-electron chi connectivity index (χ0n) is 11.7. The fourth-order valence-electron chi connectivity index (χ4n) is 2.03. The Morgan fingerprint density at radius 3 is 2.28 bits per heavy atom. The van der Waals surface area contributed by atoms with Crippen LogP contribution in [0.25, 0.3) is 0 Å². The number of hydrogen-bond acceptors (Lipinski definition) is 1. The number of aldehydes is 1. The Bertz CT molecular complexity index is 450. The minimum absolute atomic E-state index is 0.122. The van der Waals surface area contributed by atoms with E-state index in [0.717, 1.165) is 18.3 Å². The van der Waals surface area contributed by atoms with Crippen molar-refractivity contribution in [3.63, 3.8) is 0 Å².